The van der Waals surface area contributed by atoms with Gasteiger partial charge in [0.05, 0.1) is 10.7 Å². The number of aromatic amines is 2. The number of H-pyrrole nitrogens is 2. The molecule has 3 nitrogen and oxygen atoms in total. The summed E-state index contributed by atoms with van der Waals surface area (Å²) in [5, 5.41) is 1.56. The summed E-state index contributed by atoms with van der Waals surface area (Å²) in [6.45, 7) is 0. The molecule has 2 N–H and O–H groups in total. The lowest BCUT2D eigenvalue weighted by Crippen LogP contribution is -2.24. The molecule has 0 spiro atoms. The SMILES string of the molecule is O=c1[nH]c(=Cc2ccccc2)c(=Cc2ccccc2)[nH]1. The van der Waals surface area contributed by atoms with E-state index < -0.39 is 0 Å². The molecule has 98 valence electrons. The zero-order chi connectivity index (χ0) is 13.8. The maximum atomic E-state index is 11.5. The molecule has 0 atom stereocenters. The minimum Gasteiger partial charge on any atom is -0.306 e. The zero-order valence-electron chi connectivity index (χ0n) is 10.8. The van der Waals surface area contributed by atoms with E-state index in [-0.39, 0.29) is 5.69 Å². The first-order valence-corrected chi connectivity index (χ1v) is 6.43. The summed E-state index contributed by atoms with van der Waals surface area (Å²) in [5.41, 5.74) is 1.89. The van der Waals surface area contributed by atoms with Crippen LogP contribution in [0.15, 0.2) is 65.5 Å². The number of aromatic nitrogens is 2. The molecule has 0 saturated heterocycles. The largest absolute Gasteiger partial charge is 0.323 e. The summed E-state index contributed by atoms with van der Waals surface area (Å²) in [4.78, 5) is 17.2. The third-order valence-electron chi connectivity index (χ3n) is 3.01. The first-order chi connectivity index (χ1) is 9.81. The summed E-state index contributed by atoms with van der Waals surface area (Å²) < 4.78 is 0. The second-order valence-electron chi connectivity index (χ2n) is 4.52. The van der Waals surface area contributed by atoms with Gasteiger partial charge in [0, 0.05) is 0 Å². The Labute approximate surface area is 115 Å². The summed E-state index contributed by atoms with van der Waals surface area (Å²) in [6.07, 6.45) is 3.90. The third kappa shape index (κ3) is 2.78. The first kappa shape index (κ1) is 12.2. The van der Waals surface area contributed by atoms with Crippen molar-refractivity contribution in [3.05, 3.63) is 93.0 Å². The topological polar surface area (TPSA) is 48.6 Å². The molecular formula is C17H14N2O. The van der Waals surface area contributed by atoms with Gasteiger partial charge in [-0.15, -0.1) is 0 Å². The van der Waals surface area contributed by atoms with Crippen LogP contribution in [0.1, 0.15) is 11.1 Å². The Morgan fingerprint density at radius 1 is 0.650 bits per heavy atom. The molecule has 3 heteroatoms. The Hall–Kier alpha value is -2.81. The number of rotatable bonds is 2. The molecule has 2 aromatic carbocycles. The Morgan fingerprint density at radius 2 is 1.05 bits per heavy atom. The average Bonchev–Trinajstić information content (AvgIpc) is 2.81. The van der Waals surface area contributed by atoms with Crippen LogP contribution in [0.2, 0.25) is 0 Å². The van der Waals surface area contributed by atoms with Gasteiger partial charge in [0.2, 0.25) is 0 Å². The normalized spacial score (nSPS) is 12.8. The number of imidazole rings is 1. The molecule has 1 aromatic heterocycles. The molecule has 0 aliphatic rings. The van der Waals surface area contributed by atoms with Gasteiger partial charge in [-0.05, 0) is 23.3 Å². The summed E-state index contributed by atoms with van der Waals surface area (Å²) in [6, 6.07) is 19.8. The van der Waals surface area contributed by atoms with Crippen LogP contribution in [0.5, 0.6) is 0 Å². The highest BCUT2D eigenvalue weighted by atomic mass is 16.1. The van der Waals surface area contributed by atoms with Crippen LogP contribution in [0, 0.1) is 0 Å². The van der Waals surface area contributed by atoms with Crippen LogP contribution in [-0.4, -0.2) is 9.97 Å². The molecular weight excluding hydrogens is 248 g/mol. The second-order valence-corrected chi connectivity index (χ2v) is 4.52. The number of hydrogen-bond donors (Lipinski definition) is 2. The monoisotopic (exact) mass is 262 g/mol. The zero-order valence-corrected chi connectivity index (χ0v) is 10.8. The standard InChI is InChI=1S/C17H14N2O/c20-17-18-15(11-13-7-3-1-4-8-13)16(19-17)12-14-9-5-2-6-10-14/h1-12H,(H2,18,19,20). The van der Waals surface area contributed by atoms with Crippen molar-refractivity contribution in [2.45, 2.75) is 0 Å². The van der Waals surface area contributed by atoms with E-state index in [1.807, 2.05) is 72.8 Å². The molecule has 0 bridgehead atoms. The van der Waals surface area contributed by atoms with Gasteiger partial charge in [-0.1, -0.05) is 60.7 Å². The van der Waals surface area contributed by atoms with Crippen molar-refractivity contribution >= 4 is 12.2 Å². The molecule has 0 aliphatic heterocycles. The highest BCUT2D eigenvalue weighted by Gasteiger charge is 1.93. The minimum atomic E-state index is -0.200. The highest BCUT2D eigenvalue weighted by Crippen LogP contribution is 1.98. The van der Waals surface area contributed by atoms with E-state index in [0.717, 1.165) is 21.8 Å². The van der Waals surface area contributed by atoms with Gasteiger partial charge in [-0.2, -0.15) is 0 Å². The summed E-state index contributed by atoms with van der Waals surface area (Å²) in [7, 11) is 0. The summed E-state index contributed by atoms with van der Waals surface area (Å²) >= 11 is 0. The third-order valence-corrected chi connectivity index (χ3v) is 3.01. The molecule has 0 radical (unpaired) electrons. The lowest BCUT2D eigenvalue weighted by molar-refractivity contribution is 1.17. The van der Waals surface area contributed by atoms with E-state index in [4.69, 9.17) is 0 Å². The van der Waals surface area contributed by atoms with Crippen molar-refractivity contribution in [1.29, 1.82) is 0 Å². The Morgan fingerprint density at radius 3 is 1.45 bits per heavy atom. The predicted octanol–water partition coefficient (Wildman–Crippen LogP) is 1.36. The molecule has 20 heavy (non-hydrogen) atoms. The number of benzene rings is 2. The molecule has 0 amide bonds. The van der Waals surface area contributed by atoms with Crippen molar-refractivity contribution in [2.24, 2.45) is 0 Å². The van der Waals surface area contributed by atoms with E-state index in [1.54, 1.807) is 0 Å². The van der Waals surface area contributed by atoms with Crippen LogP contribution >= 0.6 is 0 Å². The van der Waals surface area contributed by atoms with E-state index >= 15 is 0 Å². The van der Waals surface area contributed by atoms with Crippen molar-refractivity contribution in [3.8, 4) is 0 Å². The Kier molecular flexibility index (Phi) is 3.33. The fraction of sp³-hybridized carbons (Fsp3) is 0. The molecule has 0 unspecified atom stereocenters. The Balaban J connectivity index is 2.17. The number of nitrogens with one attached hydrogen (secondary N) is 2. The Bertz CT molecular complexity index is 787. The van der Waals surface area contributed by atoms with E-state index in [1.165, 1.54) is 0 Å². The van der Waals surface area contributed by atoms with Gasteiger partial charge >= 0.3 is 5.69 Å². The van der Waals surface area contributed by atoms with E-state index in [9.17, 15) is 4.79 Å². The van der Waals surface area contributed by atoms with Gasteiger partial charge in [-0.25, -0.2) is 4.79 Å². The highest BCUT2D eigenvalue weighted by molar-refractivity contribution is 5.52. The van der Waals surface area contributed by atoms with Gasteiger partial charge in [0.25, 0.3) is 0 Å². The molecule has 3 rings (SSSR count). The fourth-order valence-electron chi connectivity index (χ4n) is 2.07. The van der Waals surface area contributed by atoms with Crippen molar-refractivity contribution in [2.75, 3.05) is 0 Å². The lowest BCUT2D eigenvalue weighted by Gasteiger charge is -1.91. The van der Waals surface area contributed by atoms with Crippen molar-refractivity contribution in [3.63, 3.8) is 0 Å². The minimum absolute atomic E-state index is 0.200. The smallest absolute Gasteiger partial charge is 0.306 e. The van der Waals surface area contributed by atoms with Gasteiger partial charge in [0.1, 0.15) is 0 Å². The van der Waals surface area contributed by atoms with Gasteiger partial charge < -0.3 is 9.97 Å². The second kappa shape index (κ2) is 5.45. The first-order valence-electron chi connectivity index (χ1n) is 6.43. The van der Waals surface area contributed by atoms with Gasteiger partial charge in [0.15, 0.2) is 0 Å². The molecule has 1 heterocycles. The summed E-state index contributed by atoms with van der Waals surface area (Å²) in [5.74, 6) is 0. The molecule has 3 aromatic rings. The molecule has 0 aliphatic carbocycles. The van der Waals surface area contributed by atoms with E-state index in [2.05, 4.69) is 9.97 Å². The maximum Gasteiger partial charge on any atom is 0.323 e. The van der Waals surface area contributed by atoms with Crippen LogP contribution in [-0.2, 0) is 0 Å². The van der Waals surface area contributed by atoms with Gasteiger partial charge in [-0.3, -0.25) is 0 Å². The molecule has 0 fully saturated rings. The van der Waals surface area contributed by atoms with Crippen LogP contribution < -0.4 is 16.4 Å². The lowest BCUT2D eigenvalue weighted by atomic mass is 10.2. The van der Waals surface area contributed by atoms with Crippen LogP contribution in [0.25, 0.3) is 12.2 Å². The molecule has 0 saturated carbocycles. The van der Waals surface area contributed by atoms with E-state index in [0.29, 0.717) is 0 Å². The predicted molar refractivity (Wildman–Crippen MR) is 80.7 cm³/mol. The maximum absolute atomic E-state index is 11.5. The quantitative estimate of drug-likeness (QED) is 0.720. The van der Waals surface area contributed by atoms with Crippen molar-refractivity contribution < 1.29 is 0 Å². The average molecular weight is 262 g/mol. The van der Waals surface area contributed by atoms with Crippen LogP contribution in [0.4, 0.5) is 0 Å². The van der Waals surface area contributed by atoms with Crippen LogP contribution in [0.3, 0.4) is 0 Å². The number of hydrogen-bond acceptors (Lipinski definition) is 1. The van der Waals surface area contributed by atoms with Crippen molar-refractivity contribution in [1.82, 2.24) is 9.97 Å². The fourth-order valence-corrected chi connectivity index (χ4v) is 2.07.